The maximum absolute atomic E-state index is 12.6. The number of alkyl halides is 2. The number of rotatable bonds is 4. The average molecular weight is 304 g/mol. The van der Waals surface area contributed by atoms with Crippen molar-refractivity contribution in [1.82, 2.24) is 19.3 Å². The van der Waals surface area contributed by atoms with Gasteiger partial charge in [-0.2, -0.15) is 13.9 Å². The zero-order valence-corrected chi connectivity index (χ0v) is 11.1. The summed E-state index contributed by atoms with van der Waals surface area (Å²) in [4.78, 5) is 15.4. The topological polar surface area (TPSA) is 61.9 Å². The Hall–Kier alpha value is -3.03. The average Bonchev–Trinajstić information content (AvgIpc) is 3.04. The molecule has 2 heterocycles. The van der Waals surface area contributed by atoms with Gasteiger partial charge in [0, 0.05) is 24.8 Å². The van der Waals surface area contributed by atoms with Gasteiger partial charge >= 0.3 is 12.1 Å². The Morgan fingerprint density at radius 1 is 1.09 bits per heavy atom. The van der Waals surface area contributed by atoms with E-state index in [-0.39, 0.29) is 4.57 Å². The highest BCUT2D eigenvalue weighted by molar-refractivity contribution is 5.37. The Morgan fingerprint density at radius 3 is 2.50 bits per heavy atom. The van der Waals surface area contributed by atoms with Crippen molar-refractivity contribution in [1.29, 1.82) is 0 Å². The van der Waals surface area contributed by atoms with Crippen LogP contribution in [0.4, 0.5) is 8.78 Å². The van der Waals surface area contributed by atoms with Crippen LogP contribution in [-0.2, 0) is 0 Å². The van der Waals surface area contributed by atoms with E-state index >= 15 is 0 Å². The van der Waals surface area contributed by atoms with Gasteiger partial charge in [0.15, 0.2) is 0 Å². The van der Waals surface area contributed by atoms with E-state index in [1.807, 2.05) is 0 Å². The van der Waals surface area contributed by atoms with Crippen molar-refractivity contribution >= 4 is 0 Å². The Morgan fingerprint density at radius 2 is 1.86 bits per heavy atom. The van der Waals surface area contributed by atoms with Gasteiger partial charge in [0.2, 0.25) is 0 Å². The molecule has 8 heteroatoms. The van der Waals surface area contributed by atoms with Gasteiger partial charge in [-0.3, -0.25) is 9.36 Å². The minimum absolute atomic E-state index is 0.250. The first-order valence-corrected chi connectivity index (χ1v) is 6.28. The van der Waals surface area contributed by atoms with Gasteiger partial charge in [0.1, 0.15) is 5.75 Å². The second kappa shape index (κ2) is 5.76. The zero-order chi connectivity index (χ0) is 15.5. The molecule has 0 N–H and O–H groups in total. The van der Waals surface area contributed by atoms with Crippen LogP contribution in [0, 0.1) is 0 Å². The molecule has 0 aliphatic heterocycles. The van der Waals surface area contributed by atoms with Crippen molar-refractivity contribution in [2.45, 2.75) is 6.55 Å². The van der Waals surface area contributed by atoms with Crippen LogP contribution in [0.3, 0.4) is 0 Å². The number of benzene rings is 1. The van der Waals surface area contributed by atoms with Crippen LogP contribution in [-0.4, -0.2) is 19.3 Å². The summed E-state index contributed by atoms with van der Waals surface area (Å²) < 4.78 is 32.4. The minimum atomic E-state index is -2.94. The molecular formula is C14H10F2N4O2. The number of halogens is 2. The number of hydrogen-bond acceptors (Lipinski definition) is 4. The lowest BCUT2D eigenvalue weighted by Crippen LogP contribution is -2.22. The molecule has 22 heavy (non-hydrogen) atoms. The summed E-state index contributed by atoms with van der Waals surface area (Å²) in [6.07, 6.45) is 5.41. The Labute approximate surface area is 123 Å². The lowest BCUT2D eigenvalue weighted by molar-refractivity contribution is 0.0650. The molecule has 3 rings (SSSR count). The Kier molecular flexibility index (Phi) is 3.65. The predicted molar refractivity (Wildman–Crippen MR) is 73.4 cm³/mol. The van der Waals surface area contributed by atoms with Gasteiger partial charge in [-0.05, 0) is 30.3 Å². The monoisotopic (exact) mass is 304 g/mol. The van der Waals surface area contributed by atoms with Gasteiger partial charge < -0.3 is 4.74 Å². The highest BCUT2D eigenvalue weighted by Crippen LogP contribution is 2.19. The molecule has 0 saturated carbocycles. The van der Waals surface area contributed by atoms with Crippen LogP contribution in [0.2, 0.25) is 0 Å². The number of aromatic nitrogens is 4. The van der Waals surface area contributed by atoms with E-state index in [4.69, 9.17) is 4.74 Å². The summed E-state index contributed by atoms with van der Waals surface area (Å²) in [6, 6.07) is 8.41. The molecule has 0 saturated heterocycles. The maximum atomic E-state index is 12.6. The molecule has 2 aromatic heterocycles. The summed E-state index contributed by atoms with van der Waals surface area (Å²) >= 11 is 0. The number of hydrogen-bond donors (Lipinski definition) is 0. The fraction of sp³-hybridized carbons (Fsp3) is 0.0714. The SMILES string of the molecule is O=c1c(Oc2ccc(-n3cccn3)cc2)nccn1C(F)F. The summed E-state index contributed by atoms with van der Waals surface area (Å²) in [5, 5.41) is 4.07. The van der Waals surface area contributed by atoms with Crippen LogP contribution in [0.25, 0.3) is 5.69 Å². The molecule has 0 amide bonds. The third-order valence-corrected chi connectivity index (χ3v) is 2.87. The van der Waals surface area contributed by atoms with E-state index < -0.39 is 18.0 Å². The smallest absolute Gasteiger partial charge is 0.321 e. The third kappa shape index (κ3) is 2.71. The lowest BCUT2D eigenvalue weighted by Gasteiger charge is -2.08. The fourth-order valence-electron chi connectivity index (χ4n) is 1.83. The van der Waals surface area contributed by atoms with Crippen molar-refractivity contribution in [3.05, 3.63) is 65.5 Å². The van der Waals surface area contributed by atoms with Gasteiger partial charge in [0.05, 0.1) is 5.69 Å². The van der Waals surface area contributed by atoms with Crippen molar-refractivity contribution in [3.63, 3.8) is 0 Å². The Balaban J connectivity index is 1.85. The first kappa shape index (κ1) is 13.9. The molecule has 112 valence electrons. The van der Waals surface area contributed by atoms with Crippen LogP contribution < -0.4 is 10.3 Å². The first-order valence-electron chi connectivity index (χ1n) is 6.28. The summed E-state index contributed by atoms with van der Waals surface area (Å²) in [5.74, 6) is -0.0952. The fourth-order valence-corrected chi connectivity index (χ4v) is 1.83. The lowest BCUT2D eigenvalue weighted by atomic mass is 10.3. The maximum Gasteiger partial charge on any atom is 0.321 e. The van der Waals surface area contributed by atoms with Crippen LogP contribution >= 0.6 is 0 Å². The van der Waals surface area contributed by atoms with Gasteiger partial charge in [-0.15, -0.1) is 0 Å². The number of ether oxygens (including phenoxy) is 1. The largest absolute Gasteiger partial charge is 0.435 e. The minimum Gasteiger partial charge on any atom is -0.435 e. The molecule has 1 aromatic carbocycles. The highest BCUT2D eigenvalue weighted by Gasteiger charge is 2.13. The molecule has 0 aliphatic carbocycles. The van der Waals surface area contributed by atoms with Crippen molar-refractivity contribution in [2.75, 3.05) is 0 Å². The molecule has 0 spiro atoms. The quantitative estimate of drug-likeness (QED) is 0.743. The Bertz CT molecular complexity index is 814. The first-order chi connectivity index (χ1) is 10.6. The van der Waals surface area contributed by atoms with E-state index in [0.717, 1.165) is 18.1 Å². The van der Waals surface area contributed by atoms with Gasteiger partial charge in [-0.25, -0.2) is 9.67 Å². The molecule has 6 nitrogen and oxygen atoms in total. The van der Waals surface area contributed by atoms with Crippen LogP contribution in [0.15, 0.2) is 59.9 Å². The summed E-state index contributed by atoms with van der Waals surface area (Å²) in [6.45, 7) is -2.94. The molecule has 0 aliphatic rings. The molecular weight excluding hydrogens is 294 g/mol. The summed E-state index contributed by atoms with van der Waals surface area (Å²) in [7, 11) is 0. The predicted octanol–water partition coefficient (Wildman–Crippen LogP) is 2.62. The standard InChI is InChI=1S/C14H10F2N4O2/c15-14(16)19-9-7-17-12(13(19)21)22-11-4-2-10(3-5-11)20-8-1-6-18-20/h1-9,14H. The van der Waals surface area contributed by atoms with E-state index in [1.165, 1.54) is 0 Å². The van der Waals surface area contributed by atoms with Crippen molar-refractivity contribution in [3.8, 4) is 17.3 Å². The van der Waals surface area contributed by atoms with Crippen LogP contribution in [0.5, 0.6) is 11.6 Å². The number of nitrogens with zero attached hydrogens (tertiary/aromatic N) is 4. The van der Waals surface area contributed by atoms with Crippen molar-refractivity contribution in [2.24, 2.45) is 0 Å². The van der Waals surface area contributed by atoms with Crippen LogP contribution in [0.1, 0.15) is 6.55 Å². The molecule has 3 aromatic rings. The van der Waals surface area contributed by atoms with Gasteiger partial charge in [-0.1, -0.05) is 0 Å². The normalized spacial score (nSPS) is 10.9. The molecule has 0 atom stereocenters. The summed E-state index contributed by atoms with van der Waals surface area (Å²) in [5.41, 5.74) is -0.197. The zero-order valence-electron chi connectivity index (χ0n) is 11.1. The molecule has 0 bridgehead atoms. The third-order valence-electron chi connectivity index (χ3n) is 2.87. The van der Waals surface area contributed by atoms with E-state index in [1.54, 1.807) is 47.4 Å². The van der Waals surface area contributed by atoms with Crippen molar-refractivity contribution < 1.29 is 13.5 Å². The molecule has 0 unspecified atom stereocenters. The van der Waals surface area contributed by atoms with E-state index in [2.05, 4.69) is 10.1 Å². The second-order valence-electron chi connectivity index (χ2n) is 4.27. The van der Waals surface area contributed by atoms with E-state index in [9.17, 15) is 13.6 Å². The second-order valence-corrected chi connectivity index (χ2v) is 4.27. The highest BCUT2D eigenvalue weighted by atomic mass is 19.3. The molecule has 0 radical (unpaired) electrons. The molecule has 0 fully saturated rings. The van der Waals surface area contributed by atoms with E-state index in [0.29, 0.717) is 5.75 Å². The van der Waals surface area contributed by atoms with Gasteiger partial charge in [0.25, 0.3) is 5.88 Å².